The molecule has 0 aromatic carbocycles. The van der Waals surface area contributed by atoms with Gasteiger partial charge in [-0.25, -0.2) is 0 Å². The van der Waals surface area contributed by atoms with Crippen LogP contribution in [0.1, 0.15) is 27.2 Å². The lowest BCUT2D eigenvalue weighted by atomic mass is 10.0. The molecular formula is C14H29N3O2. The van der Waals surface area contributed by atoms with Crippen LogP contribution >= 0.6 is 0 Å². The highest BCUT2D eigenvalue weighted by molar-refractivity contribution is 5.80. The molecule has 0 amide bonds. The summed E-state index contributed by atoms with van der Waals surface area (Å²) in [6.07, 6.45) is 1.14. The van der Waals surface area contributed by atoms with E-state index in [1.807, 2.05) is 20.9 Å². The quantitative estimate of drug-likeness (QED) is 0.715. The number of hydrogen-bond acceptors (Lipinski definition) is 5. The van der Waals surface area contributed by atoms with Crippen molar-refractivity contribution in [3.63, 3.8) is 0 Å². The fourth-order valence-electron chi connectivity index (χ4n) is 2.58. The van der Waals surface area contributed by atoms with Gasteiger partial charge in [0.2, 0.25) is 0 Å². The Morgan fingerprint density at radius 2 is 2.11 bits per heavy atom. The van der Waals surface area contributed by atoms with Crippen molar-refractivity contribution in [3.8, 4) is 0 Å². The second kappa shape index (κ2) is 7.22. The summed E-state index contributed by atoms with van der Waals surface area (Å²) in [5.41, 5.74) is -0.621. The Balaban J connectivity index is 2.63. The topological polar surface area (TPSA) is 44.8 Å². The number of hydrogen-bond donors (Lipinski definition) is 1. The van der Waals surface area contributed by atoms with Crippen molar-refractivity contribution in [2.45, 2.75) is 38.8 Å². The minimum atomic E-state index is -0.621. The Labute approximate surface area is 117 Å². The van der Waals surface area contributed by atoms with E-state index in [0.29, 0.717) is 19.2 Å². The van der Waals surface area contributed by atoms with Gasteiger partial charge < -0.3 is 15.0 Å². The average molecular weight is 271 g/mol. The van der Waals surface area contributed by atoms with Crippen molar-refractivity contribution >= 4 is 5.97 Å². The molecule has 0 saturated carbocycles. The molecule has 1 N–H and O–H groups in total. The number of likely N-dealkylation sites (N-methyl/N-ethyl adjacent to an activating group) is 2. The molecule has 112 valence electrons. The molecule has 5 heteroatoms. The predicted molar refractivity (Wildman–Crippen MR) is 77.2 cm³/mol. The van der Waals surface area contributed by atoms with E-state index in [9.17, 15) is 4.79 Å². The van der Waals surface area contributed by atoms with Gasteiger partial charge in [-0.2, -0.15) is 0 Å². The zero-order valence-electron chi connectivity index (χ0n) is 13.0. The van der Waals surface area contributed by atoms with Crippen LogP contribution in [-0.4, -0.2) is 74.2 Å². The molecular weight excluding hydrogens is 242 g/mol. The van der Waals surface area contributed by atoms with Crippen molar-refractivity contribution in [3.05, 3.63) is 0 Å². The molecule has 5 nitrogen and oxygen atoms in total. The first-order valence-corrected chi connectivity index (χ1v) is 7.25. The minimum Gasteiger partial charge on any atom is -0.465 e. The van der Waals surface area contributed by atoms with Crippen molar-refractivity contribution in [1.29, 1.82) is 0 Å². The molecule has 19 heavy (non-hydrogen) atoms. The molecule has 1 aliphatic heterocycles. The molecule has 0 aliphatic carbocycles. The molecule has 1 rings (SSSR count). The van der Waals surface area contributed by atoms with Gasteiger partial charge in [0.05, 0.1) is 6.61 Å². The van der Waals surface area contributed by atoms with Crippen LogP contribution in [0.3, 0.4) is 0 Å². The van der Waals surface area contributed by atoms with Gasteiger partial charge in [-0.15, -0.1) is 0 Å². The molecule has 0 bridgehead atoms. The molecule has 0 aromatic heterocycles. The summed E-state index contributed by atoms with van der Waals surface area (Å²) in [7, 11) is 4.00. The second-order valence-corrected chi connectivity index (χ2v) is 5.58. The zero-order chi connectivity index (χ0) is 14.5. The number of nitrogens with one attached hydrogen (secondary N) is 1. The van der Waals surface area contributed by atoms with Gasteiger partial charge in [-0.1, -0.05) is 6.92 Å². The van der Waals surface area contributed by atoms with Gasteiger partial charge in [0.15, 0.2) is 0 Å². The standard InChI is InChI=1S/C14H29N3O2/c1-6-12-10-17(9-8-16(12)5)11-14(3,15-4)13(18)19-7-2/h12,15H,6-11H2,1-5H3. The third-order valence-corrected chi connectivity index (χ3v) is 4.15. The van der Waals surface area contributed by atoms with Gasteiger partial charge in [0.25, 0.3) is 0 Å². The first-order valence-electron chi connectivity index (χ1n) is 7.25. The molecule has 1 saturated heterocycles. The summed E-state index contributed by atoms with van der Waals surface area (Å²) < 4.78 is 5.18. The summed E-state index contributed by atoms with van der Waals surface area (Å²) in [6.45, 7) is 10.2. The van der Waals surface area contributed by atoms with E-state index in [1.54, 1.807) is 0 Å². The van der Waals surface area contributed by atoms with E-state index < -0.39 is 5.54 Å². The van der Waals surface area contributed by atoms with E-state index in [-0.39, 0.29) is 5.97 Å². The van der Waals surface area contributed by atoms with Crippen LogP contribution in [0.2, 0.25) is 0 Å². The third kappa shape index (κ3) is 4.16. The van der Waals surface area contributed by atoms with Crippen LogP contribution in [0.15, 0.2) is 0 Å². The summed E-state index contributed by atoms with van der Waals surface area (Å²) in [5.74, 6) is -0.163. The normalized spacial score (nSPS) is 25.0. The predicted octanol–water partition coefficient (Wildman–Crippen LogP) is 0.554. The van der Waals surface area contributed by atoms with Crippen LogP contribution in [0.25, 0.3) is 0 Å². The Morgan fingerprint density at radius 1 is 1.42 bits per heavy atom. The number of carbonyl (C=O) groups excluding carboxylic acids is 1. The molecule has 0 spiro atoms. The van der Waals surface area contributed by atoms with Crippen LogP contribution in [0.4, 0.5) is 0 Å². The lowest BCUT2D eigenvalue weighted by Crippen LogP contribution is -2.60. The first-order chi connectivity index (χ1) is 8.96. The van der Waals surface area contributed by atoms with E-state index in [1.165, 1.54) is 0 Å². The molecule has 1 heterocycles. The second-order valence-electron chi connectivity index (χ2n) is 5.58. The summed E-state index contributed by atoms with van der Waals surface area (Å²) >= 11 is 0. The van der Waals surface area contributed by atoms with Crippen molar-refractivity contribution < 1.29 is 9.53 Å². The van der Waals surface area contributed by atoms with Crippen LogP contribution in [0, 0.1) is 0 Å². The Bertz CT molecular complexity index is 298. The van der Waals surface area contributed by atoms with E-state index in [4.69, 9.17) is 4.74 Å². The van der Waals surface area contributed by atoms with E-state index >= 15 is 0 Å². The molecule has 1 fully saturated rings. The van der Waals surface area contributed by atoms with E-state index in [0.717, 1.165) is 26.1 Å². The smallest absolute Gasteiger partial charge is 0.327 e. The number of nitrogens with zero attached hydrogens (tertiary/aromatic N) is 2. The fourth-order valence-corrected chi connectivity index (χ4v) is 2.58. The highest BCUT2D eigenvalue weighted by Crippen LogP contribution is 2.15. The van der Waals surface area contributed by atoms with Gasteiger partial charge in [0.1, 0.15) is 5.54 Å². The SMILES string of the molecule is CCOC(=O)C(C)(CN1CCN(C)C(CC)C1)NC. The van der Waals surface area contributed by atoms with Gasteiger partial charge in [-0.3, -0.25) is 9.69 Å². The highest BCUT2D eigenvalue weighted by Gasteiger charge is 2.36. The lowest BCUT2D eigenvalue weighted by molar-refractivity contribution is -0.151. The molecule has 2 atom stereocenters. The highest BCUT2D eigenvalue weighted by atomic mass is 16.5. The Hall–Kier alpha value is -0.650. The summed E-state index contributed by atoms with van der Waals surface area (Å²) in [6, 6.07) is 0.581. The molecule has 0 radical (unpaired) electrons. The van der Waals surface area contributed by atoms with Crippen molar-refractivity contribution in [2.24, 2.45) is 0 Å². The minimum absolute atomic E-state index is 0.163. The largest absolute Gasteiger partial charge is 0.465 e. The first kappa shape index (κ1) is 16.4. The maximum absolute atomic E-state index is 12.1. The number of esters is 1. The third-order valence-electron chi connectivity index (χ3n) is 4.15. The summed E-state index contributed by atoms with van der Waals surface area (Å²) in [5, 5.41) is 3.12. The summed E-state index contributed by atoms with van der Waals surface area (Å²) in [4.78, 5) is 16.8. The number of ether oxygens (including phenoxy) is 1. The Kier molecular flexibility index (Phi) is 6.23. The van der Waals surface area contributed by atoms with Gasteiger partial charge in [0, 0.05) is 32.2 Å². The maximum atomic E-state index is 12.1. The molecule has 2 unspecified atom stereocenters. The molecule has 0 aromatic rings. The number of carbonyl (C=O) groups is 1. The van der Waals surface area contributed by atoms with Crippen LogP contribution in [-0.2, 0) is 9.53 Å². The Morgan fingerprint density at radius 3 is 2.63 bits per heavy atom. The van der Waals surface area contributed by atoms with Crippen LogP contribution in [0.5, 0.6) is 0 Å². The van der Waals surface area contributed by atoms with Gasteiger partial charge in [-0.05, 0) is 34.4 Å². The average Bonchev–Trinajstić information content (AvgIpc) is 2.41. The number of piperazine rings is 1. The van der Waals surface area contributed by atoms with Crippen LogP contribution < -0.4 is 5.32 Å². The molecule has 1 aliphatic rings. The number of rotatable bonds is 6. The van der Waals surface area contributed by atoms with E-state index in [2.05, 4.69) is 29.1 Å². The van der Waals surface area contributed by atoms with Crippen molar-refractivity contribution in [2.75, 3.05) is 46.9 Å². The zero-order valence-corrected chi connectivity index (χ0v) is 13.0. The van der Waals surface area contributed by atoms with Gasteiger partial charge >= 0.3 is 5.97 Å². The fraction of sp³-hybridized carbons (Fsp3) is 0.929. The van der Waals surface area contributed by atoms with Crippen molar-refractivity contribution in [1.82, 2.24) is 15.1 Å². The monoisotopic (exact) mass is 271 g/mol. The lowest BCUT2D eigenvalue weighted by Gasteiger charge is -2.42. The maximum Gasteiger partial charge on any atom is 0.327 e.